The van der Waals surface area contributed by atoms with Gasteiger partial charge in [0.15, 0.2) is 5.13 Å². The molecule has 0 saturated carbocycles. The van der Waals surface area contributed by atoms with Crippen LogP contribution in [0.1, 0.15) is 25.0 Å². The standard InChI is InChI=1S/C11H18N4OS/c1-15-5-3-2-4-9(15)10(16)13-6-8-7-17-11(12)14-8/h7,9H,2-6H2,1H3,(H2,12,14)(H,13,16). The van der Waals surface area contributed by atoms with E-state index in [1.54, 1.807) is 0 Å². The lowest BCUT2D eigenvalue weighted by molar-refractivity contribution is -0.127. The molecule has 1 aliphatic heterocycles. The Morgan fingerprint density at radius 1 is 1.71 bits per heavy atom. The summed E-state index contributed by atoms with van der Waals surface area (Å²) in [7, 11) is 2.00. The highest BCUT2D eigenvalue weighted by atomic mass is 32.1. The third-order valence-corrected chi connectivity index (χ3v) is 3.81. The van der Waals surface area contributed by atoms with Crippen LogP contribution in [0.5, 0.6) is 0 Å². The highest BCUT2D eigenvalue weighted by Gasteiger charge is 2.25. The van der Waals surface area contributed by atoms with Crippen molar-refractivity contribution in [2.45, 2.75) is 31.8 Å². The maximum atomic E-state index is 12.0. The maximum absolute atomic E-state index is 12.0. The number of nitrogens with zero attached hydrogens (tertiary/aromatic N) is 2. The van der Waals surface area contributed by atoms with Crippen molar-refractivity contribution in [3.8, 4) is 0 Å². The number of likely N-dealkylation sites (N-methyl/N-ethyl adjacent to an activating group) is 1. The Kier molecular flexibility index (Phi) is 3.96. The molecule has 0 aromatic carbocycles. The van der Waals surface area contributed by atoms with Gasteiger partial charge in [-0.05, 0) is 26.4 Å². The second-order valence-electron chi connectivity index (χ2n) is 4.39. The van der Waals surface area contributed by atoms with Crippen LogP contribution in [0.25, 0.3) is 0 Å². The summed E-state index contributed by atoms with van der Waals surface area (Å²) in [5, 5.41) is 5.34. The number of piperidine rings is 1. The quantitative estimate of drug-likeness (QED) is 0.838. The molecule has 2 rings (SSSR count). The van der Waals surface area contributed by atoms with Crippen molar-refractivity contribution in [2.24, 2.45) is 0 Å². The van der Waals surface area contributed by atoms with Gasteiger partial charge in [-0.25, -0.2) is 4.98 Å². The SMILES string of the molecule is CN1CCCCC1C(=O)NCc1csc(N)n1. The molecule has 5 nitrogen and oxygen atoms in total. The van der Waals surface area contributed by atoms with Crippen LogP contribution in [0, 0.1) is 0 Å². The van der Waals surface area contributed by atoms with Gasteiger partial charge in [0.2, 0.25) is 5.91 Å². The van der Waals surface area contributed by atoms with Crippen molar-refractivity contribution >= 4 is 22.4 Å². The summed E-state index contributed by atoms with van der Waals surface area (Å²) in [5.41, 5.74) is 6.37. The van der Waals surface area contributed by atoms with Crippen LogP contribution in [0.3, 0.4) is 0 Å². The molecule has 1 unspecified atom stereocenters. The normalized spacial score (nSPS) is 21.4. The molecular weight excluding hydrogens is 236 g/mol. The predicted molar refractivity (Wildman–Crippen MR) is 68.6 cm³/mol. The molecule has 1 atom stereocenters. The highest BCUT2D eigenvalue weighted by molar-refractivity contribution is 7.13. The van der Waals surface area contributed by atoms with Crippen molar-refractivity contribution in [2.75, 3.05) is 19.3 Å². The van der Waals surface area contributed by atoms with Gasteiger partial charge in [-0.15, -0.1) is 11.3 Å². The fourth-order valence-electron chi connectivity index (χ4n) is 2.11. The van der Waals surface area contributed by atoms with Crippen LogP contribution in [0.2, 0.25) is 0 Å². The van der Waals surface area contributed by atoms with Crippen molar-refractivity contribution in [1.82, 2.24) is 15.2 Å². The fraction of sp³-hybridized carbons (Fsp3) is 0.636. The minimum Gasteiger partial charge on any atom is -0.375 e. The number of nitrogen functional groups attached to an aromatic ring is 1. The molecule has 0 spiro atoms. The summed E-state index contributed by atoms with van der Waals surface area (Å²) in [4.78, 5) is 18.2. The summed E-state index contributed by atoms with van der Waals surface area (Å²) < 4.78 is 0. The topological polar surface area (TPSA) is 71.2 Å². The summed E-state index contributed by atoms with van der Waals surface area (Å²) in [6.45, 7) is 1.47. The second kappa shape index (κ2) is 5.46. The minimum atomic E-state index is 0.0136. The summed E-state index contributed by atoms with van der Waals surface area (Å²) in [5.74, 6) is 0.0961. The number of likely N-dealkylation sites (tertiary alicyclic amines) is 1. The van der Waals surface area contributed by atoms with Gasteiger partial charge in [0, 0.05) is 5.38 Å². The number of hydrogen-bond donors (Lipinski definition) is 2. The van der Waals surface area contributed by atoms with Gasteiger partial charge < -0.3 is 11.1 Å². The average Bonchev–Trinajstić information content (AvgIpc) is 2.73. The molecular formula is C11H18N4OS. The fourth-order valence-corrected chi connectivity index (χ4v) is 2.67. The van der Waals surface area contributed by atoms with Crippen molar-refractivity contribution < 1.29 is 4.79 Å². The Bertz CT molecular complexity index is 393. The molecule has 3 N–H and O–H groups in total. The molecule has 1 aromatic rings. The first-order chi connectivity index (χ1) is 8.16. The Morgan fingerprint density at radius 2 is 2.53 bits per heavy atom. The van der Waals surface area contributed by atoms with Gasteiger partial charge in [-0.3, -0.25) is 9.69 Å². The number of anilines is 1. The van der Waals surface area contributed by atoms with Gasteiger partial charge in [0.25, 0.3) is 0 Å². The van der Waals surface area contributed by atoms with E-state index in [0.717, 1.165) is 25.1 Å². The summed E-state index contributed by atoms with van der Waals surface area (Å²) in [6.07, 6.45) is 3.26. The maximum Gasteiger partial charge on any atom is 0.237 e. The van der Waals surface area contributed by atoms with Crippen molar-refractivity contribution in [3.05, 3.63) is 11.1 Å². The van der Waals surface area contributed by atoms with E-state index in [1.165, 1.54) is 17.8 Å². The van der Waals surface area contributed by atoms with Crippen LogP contribution in [0.15, 0.2) is 5.38 Å². The smallest absolute Gasteiger partial charge is 0.237 e. The Hall–Kier alpha value is -1.14. The van der Waals surface area contributed by atoms with Gasteiger partial charge in [-0.2, -0.15) is 0 Å². The first-order valence-corrected chi connectivity index (χ1v) is 6.72. The molecule has 0 aliphatic carbocycles. The van der Waals surface area contributed by atoms with Crippen molar-refractivity contribution in [1.29, 1.82) is 0 Å². The second-order valence-corrected chi connectivity index (χ2v) is 5.28. The monoisotopic (exact) mass is 254 g/mol. The number of hydrogen-bond acceptors (Lipinski definition) is 5. The predicted octanol–water partition coefficient (Wildman–Crippen LogP) is 0.826. The summed E-state index contributed by atoms with van der Waals surface area (Å²) in [6, 6.07) is 0.0136. The van der Waals surface area contributed by atoms with E-state index in [0.29, 0.717) is 11.7 Å². The van der Waals surface area contributed by atoms with Gasteiger partial charge in [0.05, 0.1) is 18.3 Å². The van der Waals surface area contributed by atoms with E-state index in [4.69, 9.17) is 5.73 Å². The lowest BCUT2D eigenvalue weighted by Crippen LogP contribution is -2.47. The molecule has 1 aromatic heterocycles. The molecule has 1 saturated heterocycles. The Morgan fingerprint density at radius 3 is 3.18 bits per heavy atom. The zero-order valence-corrected chi connectivity index (χ0v) is 10.8. The number of carbonyl (C=O) groups excluding carboxylic acids is 1. The van der Waals surface area contributed by atoms with E-state index < -0.39 is 0 Å². The molecule has 17 heavy (non-hydrogen) atoms. The van der Waals surface area contributed by atoms with Gasteiger partial charge in [0.1, 0.15) is 0 Å². The molecule has 1 aliphatic rings. The van der Waals surface area contributed by atoms with Crippen LogP contribution < -0.4 is 11.1 Å². The highest BCUT2D eigenvalue weighted by Crippen LogP contribution is 2.15. The number of aromatic nitrogens is 1. The van der Waals surface area contributed by atoms with Gasteiger partial charge >= 0.3 is 0 Å². The Balaban J connectivity index is 1.84. The first-order valence-electron chi connectivity index (χ1n) is 5.84. The lowest BCUT2D eigenvalue weighted by Gasteiger charge is -2.31. The Labute approximate surface area is 105 Å². The van der Waals surface area contributed by atoms with Crippen LogP contribution in [-0.4, -0.2) is 35.4 Å². The van der Waals surface area contributed by atoms with Crippen LogP contribution in [-0.2, 0) is 11.3 Å². The van der Waals surface area contributed by atoms with Gasteiger partial charge in [-0.1, -0.05) is 6.42 Å². The third kappa shape index (κ3) is 3.17. The molecule has 1 fully saturated rings. The number of nitrogens with two attached hydrogens (primary N) is 1. The lowest BCUT2D eigenvalue weighted by atomic mass is 10.0. The summed E-state index contributed by atoms with van der Waals surface area (Å²) >= 11 is 1.40. The largest absolute Gasteiger partial charge is 0.375 e. The van der Waals surface area contributed by atoms with E-state index in [1.807, 2.05) is 12.4 Å². The van der Waals surface area contributed by atoms with Crippen LogP contribution >= 0.6 is 11.3 Å². The first kappa shape index (κ1) is 12.3. The zero-order chi connectivity index (χ0) is 12.3. The number of thiazole rings is 1. The number of rotatable bonds is 3. The molecule has 2 heterocycles. The van der Waals surface area contributed by atoms with Crippen LogP contribution in [0.4, 0.5) is 5.13 Å². The van der Waals surface area contributed by atoms with Crippen molar-refractivity contribution in [3.63, 3.8) is 0 Å². The molecule has 0 radical (unpaired) electrons. The molecule has 6 heteroatoms. The molecule has 94 valence electrons. The van der Waals surface area contributed by atoms with E-state index in [2.05, 4.69) is 15.2 Å². The average molecular weight is 254 g/mol. The zero-order valence-electron chi connectivity index (χ0n) is 9.98. The molecule has 0 bridgehead atoms. The van der Waals surface area contributed by atoms with E-state index >= 15 is 0 Å². The minimum absolute atomic E-state index is 0.0136. The number of carbonyl (C=O) groups is 1. The number of amides is 1. The molecule has 1 amide bonds. The third-order valence-electron chi connectivity index (χ3n) is 3.09. The number of nitrogens with one attached hydrogen (secondary N) is 1. The van der Waals surface area contributed by atoms with E-state index in [9.17, 15) is 4.79 Å². The van der Waals surface area contributed by atoms with E-state index in [-0.39, 0.29) is 11.9 Å².